The number of hydrogen-bond acceptors (Lipinski definition) is 6. The van der Waals surface area contributed by atoms with Gasteiger partial charge < -0.3 is 5.32 Å². The Morgan fingerprint density at radius 1 is 1.21 bits per heavy atom. The molecular weight excluding hydrogens is 394 g/mol. The Hall–Kier alpha value is -3.03. The van der Waals surface area contributed by atoms with Crippen LogP contribution in [0.5, 0.6) is 0 Å². The Labute approximate surface area is 169 Å². The number of hydrogen-bond donors (Lipinski definition) is 1. The van der Waals surface area contributed by atoms with Gasteiger partial charge in [0.2, 0.25) is 15.9 Å². The summed E-state index contributed by atoms with van der Waals surface area (Å²) in [5.74, 6) is -0.522. The Balaban J connectivity index is 2.18. The lowest BCUT2D eigenvalue weighted by atomic mass is 10.1. The molecule has 0 aliphatic carbocycles. The van der Waals surface area contributed by atoms with Crippen molar-refractivity contribution < 1.29 is 13.2 Å². The van der Waals surface area contributed by atoms with Gasteiger partial charge in [-0.05, 0) is 43.7 Å². The van der Waals surface area contributed by atoms with E-state index in [1.165, 1.54) is 28.6 Å². The van der Waals surface area contributed by atoms with Crippen molar-refractivity contribution in [3.63, 3.8) is 0 Å². The number of rotatable bonds is 7. The van der Waals surface area contributed by atoms with E-state index in [0.717, 1.165) is 4.68 Å². The first-order chi connectivity index (χ1) is 13.6. The fourth-order valence-electron chi connectivity index (χ4n) is 2.77. The number of aryl methyl sites for hydroxylation is 1. The fourth-order valence-corrected chi connectivity index (χ4v) is 4.23. The number of benzene rings is 1. The summed E-state index contributed by atoms with van der Waals surface area (Å²) in [6.45, 7) is 7.15. The van der Waals surface area contributed by atoms with Gasteiger partial charge in [-0.15, -0.1) is 0 Å². The van der Waals surface area contributed by atoms with Crippen LogP contribution in [0.15, 0.2) is 34.0 Å². The summed E-state index contributed by atoms with van der Waals surface area (Å²) in [6.07, 6.45) is 0. The minimum Gasteiger partial charge on any atom is -0.324 e. The van der Waals surface area contributed by atoms with Crippen LogP contribution in [0.2, 0.25) is 0 Å². The molecule has 0 radical (unpaired) electrons. The standard InChI is InChI=1S/C19H23N5O4S/c1-5-23(6-2)29(27,28)16-9-7-15(8-10-16)21-18(25)12-24-19(26)17(11-20)13(3)14(4)22-24/h7-10H,5-6,12H2,1-4H3,(H,21,25). The summed E-state index contributed by atoms with van der Waals surface area (Å²) in [6, 6.07) is 7.62. The van der Waals surface area contributed by atoms with Gasteiger partial charge in [-0.2, -0.15) is 14.7 Å². The highest BCUT2D eigenvalue weighted by Crippen LogP contribution is 2.18. The molecule has 29 heavy (non-hydrogen) atoms. The number of carbonyl (C=O) groups is 1. The lowest BCUT2D eigenvalue weighted by Crippen LogP contribution is -2.32. The van der Waals surface area contributed by atoms with E-state index in [0.29, 0.717) is 30.0 Å². The molecule has 1 amide bonds. The van der Waals surface area contributed by atoms with Crippen LogP contribution in [0.25, 0.3) is 0 Å². The fraction of sp³-hybridized carbons (Fsp3) is 0.368. The molecule has 0 unspecified atom stereocenters. The lowest BCUT2D eigenvalue weighted by Gasteiger charge is -2.18. The second kappa shape index (κ2) is 8.98. The molecule has 1 aromatic carbocycles. The van der Waals surface area contributed by atoms with E-state index in [4.69, 9.17) is 5.26 Å². The summed E-state index contributed by atoms with van der Waals surface area (Å²) >= 11 is 0. The maximum absolute atomic E-state index is 12.5. The van der Waals surface area contributed by atoms with Gasteiger partial charge in [0.15, 0.2) is 0 Å². The highest BCUT2D eigenvalue weighted by molar-refractivity contribution is 7.89. The first-order valence-electron chi connectivity index (χ1n) is 9.04. The van der Waals surface area contributed by atoms with Gasteiger partial charge >= 0.3 is 0 Å². The summed E-state index contributed by atoms with van der Waals surface area (Å²) in [5, 5.41) is 15.8. The van der Waals surface area contributed by atoms with E-state index in [2.05, 4.69) is 10.4 Å². The Kier molecular flexibility index (Phi) is 6.89. The van der Waals surface area contributed by atoms with Crippen LogP contribution < -0.4 is 10.9 Å². The van der Waals surface area contributed by atoms with Crippen molar-refractivity contribution in [3.05, 3.63) is 51.4 Å². The van der Waals surface area contributed by atoms with E-state index < -0.39 is 21.5 Å². The molecule has 10 heteroatoms. The SMILES string of the molecule is CCN(CC)S(=O)(=O)c1ccc(NC(=O)Cn2nc(C)c(C)c(C#N)c2=O)cc1. The van der Waals surface area contributed by atoms with E-state index in [9.17, 15) is 18.0 Å². The van der Waals surface area contributed by atoms with Gasteiger partial charge in [-0.25, -0.2) is 13.1 Å². The molecule has 154 valence electrons. The second-order valence-corrected chi connectivity index (χ2v) is 8.26. The summed E-state index contributed by atoms with van der Waals surface area (Å²) in [5.41, 5.74) is 0.674. The highest BCUT2D eigenvalue weighted by atomic mass is 32.2. The zero-order chi connectivity index (χ0) is 21.8. The monoisotopic (exact) mass is 417 g/mol. The Morgan fingerprint density at radius 3 is 2.31 bits per heavy atom. The third-order valence-corrected chi connectivity index (χ3v) is 6.59. The summed E-state index contributed by atoms with van der Waals surface area (Å²) < 4.78 is 27.3. The normalized spacial score (nSPS) is 11.3. The molecule has 1 aromatic heterocycles. The smallest absolute Gasteiger partial charge is 0.285 e. The second-order valence-electron chi connectivity index (χ2n) is 6.32. The van der Waals surface area contributed by atoms with Crippen LogP contribution >= 0.6 is 0 Å². The van der Waals surface area contributed by atoms with Gasteiger partial charge in [0.1, 0.15) is 18.2 Å². The molecule has 0 spiro atoms. The topological polar surface area (TPSA) is 125 Å². The molecule has 1 heterocycles. The molecule has 0 saturated heterocycles. The van der Waals surface area contributed by atoms with Crippen molar-refractivity contribution in [3.8, 4) is 6.07 Å². The molecule has 0 bridgehead atoms. The zero-order valence-corrected chi connectivity index (χ0v) is 17.6. The maximum atomic E-state index is 12.5. The van der Waals surface area contributed by atoms with Crippen molar-refractivity contribution in [2.24, 2.45) is 0 Å². The van der Waals surface area contributed by atoms with Crippen LogP contribution in [0.3, 0.4) is 0 Å². The number of anilines is 1. The van der Waals surface area contributed by atoms with Gasteiger partial charge in [-0.1, -0.05) is 13.8 Å². The molecule has 0 saturated carbocycles. The Morgan fingerprint density at radius 2 is 1.79 bits per heavy atom. The van der Waals surface area contributed by atoms with Gasteiger partial charge in [0.25, 0.3) is 5.56 Å². The average molecular weight is 417 g/mol. The molecule has 0 atom stereocenters. The Bertz CT molecular complexity index is 1110. The average Bonchev–Trinajstić information content (AvgIpc) is 2.67. The molecule has 0 aliphatic rings. The van der Waals surface area contributed by atoms with Crippen molar-refractivity contribution >= 4 is 21.6 Å². The zero-order valence-electron chi connectivity index (χ0n) is 16.8. The van der Waals surface area contributed by atoms with E-state index in [1.54, 1.807) is 27.7 Å². The van der Waals surface area contributed by atoms with Crippen molar-refractivity contribution in [2.45, 2.75) is 39.1 Å². The third kappa shape index (κ3) is 4.70. The quantitative estimate of drug-likeness (QED) is 0.726. The number of nitrogens with one attached hydrogen (secondary N) is 1. The number of aromatic nitrogens is 2. The van der Waals surface area contributed by atoms with E-state index >= 15 is 0 Å². The minimum absolute atomic E-state index is 0.0451. The number of amides is 1. The number of carbonyl (C=O) groups excluding carboxylic acids is 1. The summed E-state index contributed by atoms with van der Waals surface area (Å²) in [7, 11) is -3.58. The van der Waals surface area contributed by atoms with Crippen molar-refractivity contribution in [1.29, 1.82) is 5.26 Å². The van der Waals surface area contributed by atoms with Crippen LogP contribution in [-0.2, 0) is 21.4 Å². The largest absolute Gasteiger partial charge is 0.324 e. The molecule has 0 aliphatic heterocycles. The van der Waals surface area contributed by atoms with Crippen LogP contribution in [0, 0.1) is 25.2 Å². The van der Waals surface area contributed by atoms with Crippen molar-refractivity contribution in [2.75, 3.05) is 18.4 Å². The molecule has 2 aromatic rings. The molecule has 0 fully saturated rings. The van der Waals surface area contributed by atoms with E-state index in [-0.39, 0.29) is 17.0 Å². The maximum Gasteiger partial charge on any atom is 0.285 e. The minimum atomic E-state index is -3.58. The molecule has 1 N–H and O–H groups in total. The molecule has 2 rings (SSSR count). The highest BCUT2D eigenvalue weighted by Gasteiger charge is 2.21. The van der Waals surface area contributed by atoms with E-state index in [1.807, 2.05) is 6.07 Å². The summed E-state index contributed by atoms with van der Waals surface area (Å²) in [4.78, 5) is 24.7. The van der Waals surface area contributed by atoms with Crippen molar-refractivity contribution in [1.82, 2.24) is 14.1 Å². The molecule has 9 nitrogen and oxygen atoms in total. The van der Waals surface area contributed by atoms with Gasteiger partial charge in [0, 0.05) is 18.8 Å². The number of nitriles is 1. The van der Waals surface area contributed by atoms with Crippen LogP contribution in [0.1, 0.15) is 30.7 Å². The first kappa shape index (κ1) is 22.3. The van der Waals surface area contributed by atoms with Crippen LogP contribution in [-0.4, -0.2) is 41.5 Å². The van der Waals surface area contributed by atoms with Gasteiger partial charge in [-0.3, -0.25) is 9.59 Å². The third-order valence-electron chi connectivity index (χ3n) is 4.52. The lowest BCUT2D eigenvalue weighted by molar-refractivity contribution is -0.117. The number of sulfonamides is 1. The first-order valence-corrected chi connectivity index (χ1v) is 10.5. The predicted octanol–water partition coefficient (Wildman–Crippen LogP) is 1.40. The number of nitrogens with zero attached hydrogens (tertiary/aromatic N) is 4. The predicted molar refractivity (Wildman–Crippen MR) is 108 cm³/mol. The van der Waals surface area contributed by atoms with Crippen LogP contribution in [0.4, 0.5) is 5.69 Å². The van der Waals surface area contributed by atoms with Gasteiger partial charge in [0.05, 0.1) is 10.6 Å². The molecular formula is C19H23N5O4S.